The highest BCUT2D eigenvalue weighted by Gasteiger charge is 2.30. The van der Waals surface area contributed by atoms with Crippen LogP contribution in [0, 0.1) is 0 Å². The van der Waals surface area contributed by atoms with Crippen molar-refractivity contribution in [2.75, 3.05) is 11.9 Å². The van der Waals surface area contributed by atoms with Crippen LogP contribution in [0.15, 0.2) is 41.6 Å². The third-order valence-corrected chi connectivity index (χ3v) is 2.76. The van der Waals surface area contributed by atoms with Gasteiger partial charge < -0.3 is 5.32 Å². The lowest BCUT2D eigenvalue weighted by Crippen LogP contribution is -2.22. The maximum Gasteiger partial charge on any atom is 0.417 e. The number of pyridine rings is 1. The Morgan fingerprint density at radius 3 is 2.67 bits per heavy atom. The average molecular weight is 298 g/mol. The maximum atomic E-state index is 12.4. The van der Waals surface area contributed by atoms with Crippen molar-refractivity contribution in [3.63, 3.8) is 0 Å². The molecule has 5 nitrogen and oxygen atoms in total. The number of hydrogen-bond acceptors (Lipinski definition) is 4. The molecule has 0 aliphatic rings. The van der Waals surface area contributed by atoms with Crippen molar-refractivity contribution in [2.24, 2.45) is 0 Å². The number of aryl methyl sites for hydroxylation is 1. The van der Waals surface area contributed by atoms with Crippen LogP contribution in [-0.2, 0) is 12.7 Å². The fourth-order valence-electron chi connectivity index (χ4n) is 1.69. The summed E-state index contributed by atoms with van der Waals surface area (Å²) < 4.78 is 38.5. The SMILES string of the molecule is O=c1ncccn1CCCNc1ccc(C(F)(F)F)cn1. The summed E-state index contributed by atoms with van der Waals surface area (Å²) in [6.07, 6.45) is 0.0736. The van der Waals surface area contributed by atoms with E-state index in [-0.39, 0.29) is 5.69 Å². The van der Waals surface area contributed by atoms with E-state index < -0.39 is 11.7 Å². The Labute approximate surface area is 118 Å². The van der Waals surface area contributed by atoms with Gasteiger partial charge in [0.1, 0.15) is 5.82 Å². The summed E-state index contributed by atoms with van der Waals surface area (Å²) in [7, 11) is 0. The van der Waals surface area contributed by atoms with E-state index in [4.69, 9.17) is 0 Å². The third kappa shape index (κ3) is 4.30. The van der Waals surface area contributed by atoms with Crippen LogP contribution >= 0.6 is 0 Å². The summed E-state index contributed by atoms with van der Waals surface area (Å²) in [5.74, 6) is 0.363. The van der Waals surface area contributed by atoms with Crippen molar-refractivity contribution >= 4 is 5.82 Å². The third-order valence-electron chi connectivity index (χ3n) is 2.76. The van der Waals surface area contributed by atoms with Crippen molar-refractivity contribution in [3.05, 3.63) is 52.8 Å². The lowest BCUT2D eigenvalue weighted by atomic mass is 10.3. The van der Waals surface area contributed by atoms with Crippen LogP contribution in [0.2, 0.25) is 0 Å². The Hall–Kier alpha value is -2.38. The number of aromatic nitrogens is 3. The van der Waals surface area contributed by atoms with Crippen LogP contribution in [0.5, 0.6) is 0 Å². The second-order valence-corrected chi connectivity index (χ2v) is 4.31. The second kappa shape index (κ2) is 6.38. The van der Waals surface area contributed by atoms with Crippen molar-refractivity contribution in [1.29, 1.82) is 0 Å². The van der Waals surface area contributed by atoms with Crippen molar-refractivity contribution in [2.45, 2.75) is 19.1 Å². The fourth-order valence-corrected chi connectivity index (χ4v) is 1.69. The summed E-state index contributed by atoms with van der Waals surface area (Å²) in [5, 5.41) is 2.90. The monoisotopic (exact) mass is 298 g/mol. The van der Waals surface area contributed by atoms with Gasteiger partial charge in [-0.05, 0) is 24.6 Å². The van der Waals surface area contributed by atoms with E-state index in [1.807, 2.05) is 0 Å². The Balaban J connectivity index is 1.81. The molecular weight excluding hydrogens is 285 g/mol. The lowest BCUT2D eigenvalue weighted by molar-refractivity contribution is -0.137. The minimum absolute atomic E-state index is 0.329. The van der Waals surface area contributed by atoms with Gasteiger partial charge in [-0.3, -0.25) is 4.57 Å². The minimum Gasteiger partial charge on any atom is -0.370 e. The van der Waals surface area contributed by atoms with Gasteiger partial charge in [-0.25, -0.2) is 14.8 Å². The number of nitrogens with one attached hydrogen (secondary N) is 1. The normalized spacial score (nSPS) is 11.4. The molecule has 0 unspecified atom stereocenters. The van der Waals surface area contributed by atoms with Crippen LogP contribution in [0.3, 0.4) is 0 Å². The van der Waals surface area contributed by atoms with Crippen LogP contribution < -0.4 is 11.0 Å². The summed E-state index contributed by atoms with van der Waals surface area (Å²) in [5.41, 5.74) is -1.11. The molecular formula is C13H13F3N4O. The van der Waals surface area contributed by atoms with Crippen LogP contribution in [0.25, 0.3) is 0 Å². The molecule has 1 N–H and O–H groups in total. The quantitative estimate of drug-likeness (QED) is 0.859. The standard InChI is InChI=1S/C13H13F3N4O/c14-13(15,16)10-3-4-11(19-9-10)17-5-1-7-20-8-2-6-18-12(20)21/h2-4,6,8-9H,1,5,7H2,(H,17,19). The van der Waals surface area contributed by atoms with Crippen molar-refractivity contribution in [1.82, 2.24) is 14.5 Å². The predicted octanol–water partition coefficient (Wildman–Crippen LogP) is 2.16. The fraction of sp³-hybridized carbons (Fsp3) is 0.308. The van der Waals surface area contributed by atoms with Crippen LogP contribution in [0.1, 0.15) is 12.0 Å². The van der Waals surface area contributed by atoms with Gasteiger partial charge >= 0.3 is 11.9 Å². The smallest absolute Gasteiger partial charge is 0.370 e. The number of nitrogens with zero attached hydrogens (tertiary/aromatic N) is 3. The summed E-state index contributed by atoms with van der Waals surface area (Å²) >= 11 is 0. The number of alkyl halides is 3. The largest absolute Gasteiger partial charge is 0.417 e. The summed E-state index contributed by atoms with van der Waals surface area (Å²) in [4.78, 5) is 18.6. The second-order valence-electron chi connectivity index (χ2n) is 4.31. The zero-order chi connectivity index (χ0) is 15.3. The molecule has 0 amide bonds. The first-order valence-electron chi connectivity index (χ1n) is 6.25. The van der Waals surface area contributed by atoms with E-state index in [0.717, 1.165) is 12.3 Å². The minimum atomic E-state index is -4.38. The Morgan fingerprint density at radius 1 is 1.24 bits per heavy atom. The van der Waals surface area contributed by atoms with Gasteiger partial charge in [0.05, 0.1) is 5.56 Å². The van der Waals surface area contributed by atoms with Crippen LogP contribution in [0.4, 0.5) is 19.0 Å². The topological polar surface area (TPSA) is 59.8 Å². The first-order chi connectivity index (χ1) is 9.97. The zero-order valence-corrected chi connectivity index (χ0v) is 11.0. The predicted molar refractivity (Wildman–Crippen MR) is 70.8 cm³/mol. The van der Waals surface area contributed by atoms with Gasteiger partial charge in [0.25, 0.3) is 0 Å². The molecule has 0 aromatic carbocycles. The van der Waals surface area contributed by atoms with Gasteiger partial charge in [-0.15, -0.1) is 0 Å². The molecule has 0 spiro atoms. The van der Waals surface area contributed by atoms with Gasteiger partial charge in [0.15, 0.2) is 0 Å². The first kappa shape index (κ1) is 15.0. The van der Waals surface area contributed by atoms with Gasteiger partial charge in [0, 0.05) is 31.7 Å². The molecule has 0 saturated heterocycles. The van der Waals surface area contributed by atoms with Gasteiger partial charge in [-0.1, -0.05) is 0 Å². The molecule has 0 atom stereocenters. The maximum absolute atomic E-state index is 12.4. The van der Waals surface area contributed by atoms with E-state index in [2.05, 4.69) is 15.3 Å². The lowest BCUT2D eigenvalue weighted by Gasteiger charge is -2.09. The highest BCUT2D eigenvalue weighted by molar-refractivity contribution is 5.35. The number of hydrogen-bond donors (Lipinski definition) is 1. The molecule has 0 radical (unpaired) electrons. The van der Waals surface area contributed by atoms with E-state index in [9.17, 15) is 18.0 Å². The molecule has 2 aromatic rings. The number of rotatable bonds is 5. The molecule has 0 bridgehead atoms. The van der Waals surface area contributed by atoms with Crippen LogP contribution in [-0.4, -0.2) is 21.1 Å². The molecule has 21 heavy (non-hydrogen) atoms. The van der Waals surface area contributed by atoms with Crippen molar-refractivity contribution < 1.29 is 13.2 Å². The van der Waals surface area contributed by atoms with E-state index in [1.165, 1.54) is 16.8 Å². The Bertz CT molecular complexity index is 637. The first-order valence-corrected chi connectivity index (χ1v) is 6.25. The Kier molecular flexibility index (Phi) is 4.56. The summed E-state index contributed by atoms with van der Waals surface area (Å²) in [6.45, 7) is 0.958. The Morgan fingerprint density at radius 2 is 2.05 bits per heavy atom. The van der Waals surface area contributed by atoms with E-state index in [0.29, 0.717) is 25.3 Å². The number of anilines is 1. The molecule has 2 heterocycles. The number of halogens is 3. The molecule has 0 aliphatic heterocycles. The molecule has 0 saturated carbocycles. The summed E-state index contributed by atoms with van der Waals surface area (Å²) in [6, 6.07) is 3.91. The molecule has 0 fully saturated rings. The van der Waals surface area contributed by atoms with E-state index in [1.54, 1.807) is 12.3 Å². The molecule has 2 aromatic heterocycles. The average Bonchev–Trinajstić information content (AvgIpc) is 2.45. The van der Waals surface area contributed by atoms with Gasteiger partial charge in [-0.2, -0.15) is 13.2 Å². The van der Waals surface area contributed by atoms with Crippen molar-refractivity contribution in [3.8, 4) is 0 Å². The zero-order valence-electron chi connectivity index (χ0n) is 11.0. The molecule has 8 heteroatoms. The molecule has 2 rings (SSSR count). The van der Waals surface area contributed by atoms with E-state index >= 15 is 0 Å². The molecule has 0 aliphatic carbocycles. The van der Waals surface area contributed by atoms with Gasteiger partial charge in [0.2, 0.25) is 0 Å². The highest BCUT2D eigenvalue weighted by Crippen LogP contribution is 2.28. The molecule has 112 valence electrons. The highest BCUT2D eigenvalue weighted by atomic mass is 19.4.